The zero-order valence-electron chi connectivity index (χ0n) is 13.7. The van der Waals surface area contributed by atoms with Crippen LogP contribution in [0.1, 0.15) is 50.2 Å². The summed E-state index contributed by atoms with van der Waals surface area (Å²) in [6, 6.07) is 7.35. The Bertz CT molecular complexity index is 611. The van der Waals surface area contributed by atoms with E-state index in [0.29, 0.717) is 11.5 Å². The first kappa shape index (κ1) is 14.3. The minimum absolute atomic E-state index is 0.0229. The summed E-state index contributed by atoms with van der Waals surface area (Å²) in [4.78, 5) is 14.0. The van der Waals surface area contributed by atoms with Crippen LogP contribution in [0.3, 0.4) is 0 Å². The van der Waals surface area contributed by atoms with E-state index >= 15 is 0 Å². The molecule has 22 heavy (non-hydrogen) atoms. The van der Waals surface area contributed by atoms with Crippen molar-refractivity contribution in [3.63, 3.8) is 0 Å². The van der Waals surface area contributed by atoms with Crippen LogP contribution in [0.2, 0.25) is 0 Å². The number of nitrogens with zero attached hydrogens (tertiary/aromatic N) is 1. The molecule has 1 heterocycles. The predicted octanol–water partition coefficient (Wildman–Crippen LogP) is 3.33. The van der Waals surface area contributed by atoms with Gasteiger partial charge in [0.2, 0.25) is 5.91 Å². The standard InChI is InChI=1S/C19H26N2O/c1-13(22)20-15-7-6-14-11-18-16-5-3-4-8-19(16,17(14)12-15)9-10-21(18)2/h6-7,12,16,18H,3-5,8-11H2,1-2H3,(H,20,22)/t16-,18+,19+/m0/s1. The molecule has 1 N–H and O–H groups in total. The van der Waals surface area contributed by atoms with Gasteiger partial charge in [-0.3, -0.25) is 4.79 Å². The average Bonchev–Trinajstić information content (AvgIpc) is 2.51. The first-order valence-corrected chi connectivity index (χ1v) is 8.71. The number of fused-ring (bicyclic) bond motifs is 1. The van der Waals surface area contributed by atoms with Crippen LogP contribution in [0.4, 0.5) is 5.69 Å². The highest BCUT2D eigenvalue weighted by molar-refractivity contribution is 5.88. The van der Waals surface area contributed by atoms with Crippen molar-refractivity contribution in [2.45, 2.75) is 56.9 Å². The zero-order valence-corrected chi connectivity index (χ0v) is 13.7. The fourth-order valence-electron chi connectivity index (χ4n) is 5.48. The van der Waals surface area contributed by atoms with Gasteiger partial charge in [0.05, 0.1) is 0 Å². The molecule has 2 fully saturated rings. The molecule has 2 bridgehead atoms. The minimum Gasteiger partial charge on any atom is -0.326 e. The van der Waals surface area contributed by atoms with Gasteiger partial charge in [-0.05, 0) is 68.5 Å². The number of rotatable bonds is 1. The van der Waals surface area contributed by atoms with Crippen molar-refractivity contribution >= 4 is 11.6 Å². The number of likely N-dealkylation sites (N-methyl/N-ethyl adjacent to an activating group) is 1. The smallest absolute Gasteiger partial charge is 0.221 e. The number of carbonyl (C=O) groups excluding carboxylic acids is 1. The summed E-state index contributed by atoms with van der Waals surface area (Å²) in [5.41, 5.74) is 4.41. The van der Waals surface area contributed by atoms with Gasteiger partial charge in [0.25, 0.3) is 0 Å². The number of piperidine rings is 1. The van der Waals surface area contributed by atoms with E-state index in [9.17, 15) is 4.79 Å². The lowest BCUT2D eigenvalue weighted by molar-refractivity contribution is -0.114. The van der Waals surface area contributed by atoms with Crippen molar-refractivity contribution in [3.05, 3.63) is 29.3 Å². The Balaban J connectivity index is 1.82. The molecule has 3 nitrogen and oxygen atoms in total. The molecule has 118 valence electrons. The van der Waals surface area contributed by atoms with E-state index in [1.54, 1.807) is 12.5 Å². The number of hydrogen-bond donors (Lipinski definition) is 1. The van der Waals surface area contributed by atoms with Crippen LogP contribution in [0.25, 0.3) is 0 Å². The lowest BCUT2D eigenvalue weighted by Gasteiger charge is -2.58. The molecule has 1 aromatic carbocycles. The van der Waals surface area contributed by atoms with Gasteiger partial charge in [0.1, 0.15) is 0 Å². The first-order chi connectivity index (χ1) is 10.6. The van der Waals surface area contributed by atoms with Crippen LogP contribution in [-0.4, -0.2) is 30.4 Å². The second kappa shape index (κ2) is 5.09. The topological polar surface area (TPSA) is 32.3 Å². The van der Waals surface area contributed by atoms with Crippen molar-refractivity contribution < 1.29 is 4.79 Å². The number of carbonyl (C=O) groups is 1. The van der Waals surface area contributed by atoms with Crippen molar-refractivity contribution in [1.29, 1.82) is 0 Å². The molecule has 4 rings (SSSR count). The molecule has 3 aliphatic rings. The van der Waals surface area contributed by atoms with E-state index in [0.717, 1.165) is 11.6 Å². The van der Waals surface area contributed by atoms with Crippen LogP contribution in [0.5, 0.6) is 0 Å². The number of hydrogen-bond acceptors (Lipinski definition) is 2. The van der Waals surface area contributed by atoms with Crippen molar-refractivity contribution in [2.75, 3.05) is 18.9 Å². The quantitative estimate of drug-likeness (QED) is 0.862. The summed E-state index contributed by atoms with van der Waals surface area (Å²) in [7, 11) is 2.31. The Morgan fingerprint density at radius 1 is 1.32 bits per heavy atom. The number of amides is 1. The molecule has 1 saturated heterocycles. The zero-order chi connectivity index (χ0) is 15.3. The Labute approximate surface area is 133 Å². The number of likely N-dealkylation sites (tertiary alicyclic amines) is 1. The Kier molecular flexibility index (Phi) is 3.30. The van der Waals surface area contributed by atoms with E-state index in [-0.39, 0.29) is 5.91 Å². The van der Waals surface area contributed by atoms with Gasteiger partial charge in [0, 0.05) is 24.1 Å². The Morgan fingerprint density at radius 2 is 2.18 bits per heavy atom. The third-order valence-corrected chi connectivity index (χ3v) is 6.43. The van der Waals surface area contributed by atoms with Crippen molar-refractivity contribution in [3.8, 4) is 0 Å². The molecule has 0 unspecified atom stereocenters. The van der Waals surface area contributed by atoms with Gasteiger partial charge in [-0.15, -0.1) is 0 Å². The molecular weight excluding hydrogens is 272 g/mol. The molecule has 2 aliphatic carbocycles. The summed E-state index contributed by atoms with van der Waals surface area (Å²) < 4.78 is 0. The highest BCUT2D eigenvalue weighted by Gasteiger charge is 2.52. The summed E-state index contributed by atoms with van der Waals surface area (Å²) in [5, 5.41) is 2.98. The van der Waals surface area contributed by atoms with Gasteiger partial charge in [-0.25, -0.2) is 0 Å². The lowest BCUT2D eigenvalue weighted by Crippen LogP contribution is -2.59. The fourth-order valence-corrected chi connectivity index (χ4v) is 5.48. The van der Waals surface area contributed by atoms with Crippen LogP contribution in [-0.2, 0) is 16.6 Å². The first-order valence-electron chi connectivity index (χ1n) is 8.71. The third-order valence-electron chi connectivity index (χ3n) is 6.43. The van der Waals surface area contributed by atoms with Gasteiger partial charge in [0.15, 0.2) is 0 Å². The molecule has 1 aliphatic heterocycles. The van der Waals surface area contributed by atoms with Gasteiger partial charge >= 0.3 is 0 Å². The summed E-state index contributed by atoms with van der Waals surface area (Å²) in [6.07, 6.45) is 7.91. The monoisotopic (exact) mass is 298 g/mol. The molecule has 3 heteroatoms. The molecule has 0 aromatic heterocycles. The van der Waals surface area contributed by atoms with Crippen LogP contribution in [0.15, 0.2) is 18.2 Å². The molecule has 0 radical (unpaired) electrons. The predicted molar refractivity (Wildman–Crippen MR) is 89.1 cm³/mol. The minimum atomic E-state index is 0.0229. The van der Waals surface area contributed by atoms with E-state index < -0.39 is 0 Å². The lowest BCUT2D eigenvalue weighted by atomic mass is 9.52. The van der Waals surface area contributed by atoms with Crippen LogP contribution >= 0.6 is 0 Å². The maximum absolute atomic E-state index is 11.4. The largest absolute Gasteiger partial charge is 0.326 e. The van der Waals surface area contributed by atoms with Gasteiger partial charge in [-0.2, -0.15) is 0 Å². The Morgan fingerprint density at radius 3 is 3.00 bits per heavy atom. The summed E-state index contributed by atoms with van der Waals surface area (Å²) in [5.74, 6) is 0.829. The molecule has 1 amide bonds. The van der Waals surface area contributed by atoms with E-state index in [1.807, 2.05) is 0 Å². The average molecular weight is 298 g/mol. The maximum atomic E-state index is 11.4. The molecule has 3 atom stereocenters. The third kappa shape index (κ3) is 2.02. The van der Waals surface area contributed by atoms with Crippen LogP contribution in [0, 0.1) is 5.92 Å². The fraction of sp³-hybridized carbons (Fsp3) is 0.632. The highest BCUT2D eigenvalue weighted by atomic mass is 16.1. The van der Waals surface area contributed by atoms with E-state index in [1.165, 1.54) is 50.6 Å². The number of nitrogens with one attached hydrogen (secondary N) is 1. The summed E-state index contributed by atoms with van der Waals surface area (Å²) in [6.45, 7) is 2.80. The second-order valence-electron chi connectivity index (χ2n) is 7.56. The summed E-state index contributed by atoms with van der Waals surface area (Å²) >= 11 is 0. The number of anilines is 1. The number of benzene rings is 1. The van der Waals surface area contributed by atoms with E-state index in [2.05, 4.69) is 35.5 Å². The second-order valence-corrected chi connectivity index (χ2v) is 7.56. The maximum Gasteiger partial charge on any atom is 0.221 e. The van der Waals surface area contributed by atoms with Gasteiger partial charge in [-0.1, -0.05) is 18.9 Å². The molecule has 0 spiro atoms. The van der Waals surface area contributed by atoms with Crippen molar-refractivity contribution in [2.24, 2.45) is 5.92 Å². The highest BCUT2D eigenvalue weighted by Crippen LogP contribution is 2.55. The normalized spacial score (nSPS) is 33.7. The molecule has 1 saturated carbocycles. The SMILES string of the molecule is CC(=O)Nc1ccc2c(c1)[C@@]13CCCC[C@H]1[C@@H](C2)N(C)CC3. The molecule has 1 aromatic rings. The Hall–Kier alpha value is -1.35. The molecular formula is C19H26N2O. The van der Waals surface area contributed by atoms with Gasteiger partial charge < -0.3 is 10.2 Å². The van der Waals surface area contributed by atoms with Crippen LogP contribution < -0.4 is 5.32 Å². The van der Waals surface area contributed by atoms with Crippen molar-refractivity contribution in [1.82, 2.24) is 4.90 Å². The van der Waals surface area contributed by atoms with E-state index in [4.69, 9.17) is 0 Å².